The molecular formula is C19H21ClN2O6S2. The Kier molecular flexibility index (Phi) is 6.30. The van der Waals surface area contributed by atoms with Crippen molar-refractivity contribution in [3.8, 4) is 0 Å². The van der Waals surface area contributed by atoms with Crippen LogP contribution in [-0.4, -0.2) is 42.2 Å². The van der Waals surface area contributed by atoms with Crippen molar-refractivity contribution in [1.29, 1.82) is 0 Å². The van der Waals surface area contributed by atoms with E-state index >= 15 is 0 Å². The summed E-state index contributed by atoms with van der Waals surface area (Å²) in [7, 11) is -6.23. The lowest BCUT2D eigenvalue weighted by molar-refractivity contribution is 0.0600. The van der Waals surface area contributed by atoms with Gasteiger partial charge < -0.3 is 4.74 Å². The van der Waals surface area contributed by atoms with Crippen molar-refractivity contribution in [2.24, 2.45) is 0 Å². The molecule has 0 radical (unpaired) electrons. The zero-order chi connectivity index (χ0) is 22.1. The Labute approximate surface area is 180 Å². The van der Waals surface area contributed by atoms with Gasteiger partial charge in [0.15, 0.2) is 0 Å². The van der Waals surface area contributed by atoms with E-state index in [4.69, 9.17) is 11.6 Å². The number of methoxy groups -OCH3 is 1. The highest BCUT2D eigenvalue weighted by atomic mass is 35.5. The summed E-state index contributed by atoms with van der Waals surface area (Å²) in [5.74, 6) is -0.557. The van der Waals surface area contributed by atoms with Gasteiger partial charge in [-0.25, -0.2) is 21.6 Å². The number of sulfonamides is 2. The van der Waals surface area contributed by atoms with Gasteiger partial charge in [-0.1, -0.05) is 11.6 Å². The van der Waals surface area contributed by atoms with Crippen LogP contribution in [0.25, 0.3) is 0 Å². The zero-order valence-electron chi connectivity index (χ0n) is 16.4. The summed E-state index contributed by atoms with van der Waals surface area (Å²) < 4.78 is 58.8. The molecule has 2 aromatic carbocycles. The van der Waals surface area contributed by atoms with Crippen LogP contribution < -0.4 is 9.03 Å². The maximum absolute atomic E-state index is 12.9. The van der Waals surface area contributed by atoms with Crippen LogP contribution in [0.4, 0.5) is 11.4 Å². The molecule has 1 N–H and O–H groups in total. The van der Waals surface area contributed by atoms with Gasteiger partial charge in [0.05, 0.1) is 39.7 Å². The minimum Gasteiger partial charge on any atom is -0.465 e. The SMILES string of the molecule is COC(=O)c1ccc(Cl)c(NS(=O)(=O)c2ccc(N3CCCCS3(=O)=O)cc2C)c1. The third-order valence-electron chi connectivity index (χ3n) is 4.72. The summed E-state index contributed by atoms with van der Waals surface area (Å²) >= 11 is 6.08. The normalized spacial score (nSPS) is 16.2. The number of hydrogen-bond acceptors (Lipinski definition) is 6. The molecule has 2 aromatic rings. The molecule has 1 saturated heterocycles. The number of ether oxygens (including phenoxy) is 1. The van der Waals surface area contributed by atoms with Crippen LogP contribution in [0.3, 0.4) is 0 Å². The Balaban J connectivity index is 1.93. The van der Waals surface area contributed by atoms with Gasteiger partial charge >= 0.3 is 5.97 Å². The Morgan fingerprint density at radius 1 is 1.17 bits per heavy atom. The van der Waals surface area contributed by atoms with Crippen LogP contribution >= 0.6 is 11.6 Å². The number of anilines is 2. The lowest BCUT2D eigenvalue weighted by Gasteiger charge is -2.28. The van der Waals surface area contributed by atoms with Gasteiger partial charge in [-0.15, -0.1) is 0 Å². The van der Waals surface area contributed by atoms with Gasteiger partial charge in [0.1, 0.15) is 0 Å². The van der Waals surface area contributed by atoms with Crippen LogP contribution in [0.2, 0.25) is 5.02 Å². The molecule has 30 heavy (non-hydrogen) atoms. The molecule has 11 heteroatoms. The van der Waals surface area contributed by atoms with E-state index in [1.165, 1.54) is 47.8 Å². The van der Waals surface area contributed by atoms with E-state index in [9.17, 15) is 21.6 Å². The minimum absolute atomic E-state index is 0.0276. The van der Waals surface area contributed by atoms with Crippen molar-refractivity contribution in [2.75, 3.05) is 28.4 Å². The van der Waals surface area contributed by atoms with E-state index in [1.54, 1.807) is 6.92 Å². The molecule has 0 aliphatic carbocycles. The van der Waals surface area contributed by atoms with Gasteiger partial charge in [-0.05, 0) is 61.7 Å². The second-order valence-corrected chi connectivity index (χ2v) is 10.9. The molecule has 1 aliphatic rings. The van der Waals surface area contributed by atoms with Crippen LogP contribution in [0.15, 0.2) is 41.3 Å². The standard InChI is InChI=1S/C19H21ClN2O6S2/c1-13-11-15(22-9-3-4-10-29(22,24)25)6-8-18(13)30(26,27)21-17-12-14(19(23)28-2)5-7-16(17)20/h5-8,11-12,21H,3-4,9-10H2,1-2H3. The molecule has 0 atom stereocenters. The van der Waals surface area contributed by atoms with Crippen LogP contribution in [0.1, 0.15) is 28.8 Å². The average molecular weight is 473 g/mol. The summed E-state index contributed by atoms with van der Waals surface area (Å²) in [6, 6.07) is 8.46. The number of nitrogens with one attached hydrogen (secondary N) is 1. The maximum atomic E-state index is 12.9. The van der Waals surface area contributed by atoms with Crippen molar-refractivity contribution in [3.05, 3.63) is 52.5 Å². The van der Waals surface area contributed by atoms with E-state index in [1.807, 2.05) is 0 Å². The summed E-state index contributed by atoms with van der Waals surface area (Å²) in [4.78, 5) is 11.7. The van der Waals surface area contributed by atoms with Crippen LogP contribution in [0.5, 0.6) is 0 Å². The Hall–Kier alpha value is -2.30. The van der Waals surface area contributed by atoms with E-state index in [0.29, 0.717) is 24.2 Å². The third-order valence-corrected chi connectivity index (χ3v) is 8.44. The van der Waals surface area contributed by atoms with Crippen molar-refractivity contribution < 1.29 is 26.4 Å². The fourth-order valence-electron chi connectivity index (χ4n) is 3.22. The maximum Gasteiger partial charge on any atom is 0.337 e. The largest absolute Gasteiger partial charge is 0.465 e. The van der Waals surface area contributed by atoms with Gasteiger partial charge in [-0.3, -0.25) is 9.03 Å². The third kappa shape index (κ3) is 4.55. The van der Waals surface area contributed by atoms with Crippen LogP contribution in [0, 0.1) is 6.92 Å². The van der Waals surface area contributed by atoms with E-state index in [-0.39, 0.29) is 26.9 Å². The number of nitrogens with zero attached hydrogens (tertiary/aromatic N) is 1. The van der Waals surface area contributed by atoms with E-state index in [2.05, 4.69) is 9.46 Å². The van der Waals surface area contributed by atoms with Crippen molar-refractivity contribution >= 4 is 49.0 Å². The number of carbonyl (C=O) groups is 1. The Bertz CT molecular complexity index is 1200. The summed E-state index contributed by atoms with van der Waals surface area (Å²) in [6.07, 6.45) is 1.36. The highest BCUT2D eigenvalue weighted by molar-refractivity contribution is 7.93. The van der Waals surface area contributed by atoms with Gasteiger partial charge in [0, 0.05) is 6.54 Å². The number of carbonyl (C=O) groups excluding carboxylic acids is 1. The Morgan fingerprint density at radius 2 is 1.90 bits per heavy atom. The molecular weight excluding hydrogens is 452 g/mol. The molecule has 1 heterocycles. The Morgan fingerprint density at radius 3 is 2.53 bits per heavy atom. The van der Waals surface area contributed by atoms with Crippen LogP contribution in [-0.2, 0) is 24.8 Å². The predicted molar refractivity (Wildman–Crippen MR) is 115 cm³/mol. The molecule has 8 nitrogen and oxygen atoms in total. The quantitative estimate of drug-likeness (QED) is 0.669. The first-order valence-electron chi connectivity index (χ1n) is 9.07. The fourth-order valence-corrected chi connectivity index (χ4v) is 6.37. The summed E-state index contributed by atoms with van der Waals surface area (Å²) in [5.41, 5.74) is 0.974. The predicted octanol–water partition coefficient (Wildman–Crippen LogP) is 3.17. The van der Waals surface area contributed by atoms with E-state index in [0.717, 1.165) is 6.42 Å². The molecule has 0 unspecified atom stereocenters. The second kappa shape index (κ2) is 8.44. The number of halogens is 1. The first-order chi connectivity index (χ1) is 14.0. The lowest BCUT2D eigenvalue weighted by atomic mass is 10.2. The first-order valence-corrected chi connectivity index (χ1v) is 12.5. The fraction of sp³-hybridized carbons (Fsp3) is 0.316. The number of rotatable bonds is 5. The second-order valence-electron chi connectivity index (χ2n) is 6.84. The average Bonchev–Trinajstić information content (AvgIpc) is 2.68. The minimum atomic E-state index is -4.05. The van der Waals surface area contributed by atoms with Gasteiger partial charge in [0.25, 0.3) is 10.0 Å². The molecule has 3 rings (SSSR count). The molecule has 0 aromatic heterocycles. The number of aryl methyl sites for hydroxylation is 1. The van der Waals surface area contributed by atoms with Crippen molar-refractivity contribution in [3.63, 3.8) is 0 Å². The highest BCUT2D eigenvalue weighted by Crippen LogP contribution is 2.30. The first kappa shape index (κ1) is 22.4. The summed E-state index contributed by atoms with van der Waals surface area (Å²) in [6.45, 7) is 1.95. The number of benzene rings is 2. The topological polar surface area (TPSA) is 110 Å². The lowest BCUT2D eigenvalue weighted by Crippen LogP contribution is -2.37. The molecule has 0 amide bonds. The molecule has 0 bridgehead atoms. The molecule has 0 spiro atoms. The molecule has 1 aliphatic heterocycles. The molecule has 1 fully saturated rings. The molecule has 162 valence electrons. The smallest absolute Gasteiger partial charge is 0.337 e. The van der Waals surface area contributed by atoms with Gasteiger partial charge in [0.2, 0.25) is 10.0 Å². The van der Waals surface area contributed by atoms with E-state index < -0.39 is 26.0 Å². The molecule has 0 saturated carbocycles. The monoisotopic (exact) mass is 472 g/mol. The highest BCUT2D eigenvalue weighted by Gasteiger charge is 2.27. The zero-order valence-corrected chi connectivity index (χ0v) is 18.8. The van der Waals surface area contributed by atoms with Gasteiger partial charge in [-0.2, -0.15) is 0 Å². The number of esters is 1. The van der Waals surface area contributed by atoms with Crippen molar-refractivity contribution in [1.82, 2.24) is 0 Å². The summed E-state index contributed by atoms with van der Waals surface area (Å²) in [5, 5.41) is 0.111. The van der Waals surface area contributed by atoms with Crippen molar-refractivity contribution in [2.45, 2.75) is 24.7 Å². The number of hydrogen-bond donors (Lipinski definition) is 1.